The number of nitrogens with one attached hydrogen (secondary N) is 1. The van der Waals surface area contributed by atoms with Crippen LogP contribution in [-0.2, 0) is 4.74 Å². The van der Waals surface area contributed by atoms with Gasteiger partial charge in [0.05, 0.1) is 13.2 Å². The Morgan fingerprint density at radius 1 is 1.19 bits per heavy atom. The molecule has 0 fully saturated rings. The molecule has 0 unspecified atom stereocenters. The maximum atomic E-state index is 11.8. The molecule has 2 aromatic rings. The van der Waals surface area contributed by atoms with Crippen molar-refractivity contribution < 1.29 is 14.3 Å². The van der Waals surface area contributed by atoms with E-state index in [0.29, 0.717) is 17.3 Å². The van der Waals surface area contributed by atoms with Gasteiger partial charge in [0.2, 0.25) is 0 Å². The molecule has 2 rings (SSSR count). The van der Waals surface area contributed by atoms with Crippen LogP contribution in [0, 0.1) is 6.92 Å². The number of hydrogen-bond donors (Lipinski definition) is 1. The molecular formula is C21H24N2O3. The molecule has 0 radical (unpaired) electrons. The molecule has 0 aliphatic heterocycles. The van der Waals surface area contributed by atoms with Gasteiger partial charge < -0.3 is 9.47 Å². The molecule has 0 saturated carbocycles. The van der Waals surface area contributed by atoms with Crippen LogP contribution in [0.3, 0.4) is 0 Å². The van der Waals surface area contributed by atoms with Crippen molar-refractivity contribution in [2.24, 2.45) is 4.99 Å². The molecular weight excluding hydrogens is 328 g/mol. The lowest BCUT2D eigenvalue weighted by Crippen LogP contribution is -2.31. The van der Waals surface area contributed by atoms with E-state index in [2.05, 4.69) is 16.9 Å². The third-order valence-corrected chi connectivity index (χ3v) is 3.70. The van der Waals surface area contributed by atoms with Gasteiger partial charge in [-0.2, -0.15) is 0 Å². The Labute approximate surface area is 154 Å². The molecule has 0 spiro atoms. The number of amidine groups is 1. The molecule has 1 amide bonds. The third kappa shape index (κ3) is 4.72. The van der Waals surface area contributed by atoms with E-state index < -0.39 is 6.09 Å². The molecule has 0 saturated heterocycles. The fourth-order valence-corrected chi connectivity index (χ4v) is 2.50. The molecule has 0 aliphatic carbocycles. The first-order chi connectivity index (χ1) is 12.5. The molecule has 0 aromatic heterocycles. The third-order valence-electron chi connectivity index (χ3n) is 3.70. The quantitative estimate of drug-likeness (QED) is 0.607. The van der Waals surface area contributed by atoms with Gasteiger partial charge in [-0.25, -0.2) is 9.79 Å². The molecule has 0 heterocycles. The minimum atomic E-state index is -0.575. The SMILES string of the molecule is C=C/C(=N\c1c(OC)ccc(-c2ccccc2)c1C)NC(=O)OC(C)C. The molecule has 136 valence electrons. The smallest absolute Gasteiger partial charge is 0.413 e. The molecule has 0 aliphatic rings. The van der Waals surface area contributed by atoms with Gasteiger partial charge in [0.1, 0.15) is 17.3 Å². The second-order valence-corrected chi connectivity index (χ2v) is 5.94. The summed E-state index contributed by atoms with van der Waals surface area (Å²) in [7, 11) is 1.59. The molecule has 5 nitrogen and oxygen atoms in total. The topological polar surface area (TPSA) is 59.9 Å². The molecule has 0 atom stereocenters. The van der Waals surface area contributed by atoms with E-state index in [1.165, 1.54) is 6.08 Å². The van der Waals surface area contributed by atoms with Crippen molar-refractivity contribution in [1.29, 1.82) is 0 Å². The lowest BCUT2D eigenvalue weighted by Gasteiger charge is -2.14. The summed E-state index contributed by atoms with van der Waals surface area (Å²) in [6, 6.07) is 13.9. The molecule has 26 heavy (non-hydrogen) atoms. The van der Waals surface area contributed by atoms with Gasteiger partial charge in [-0.15, -0.1) is 0 Å². The molecule has 5 heteroatoms. The van der Waals surface area contributed by atoms with Gasteiger partial charge >= 0.3 is 6.09 Å². The van der Waals surface area contributed by atoms with Crippen LogP contribution in [0.2, 0.25) is 0 Å². The molecule has 2 aromatic carbocycles. The van der Waals surface area contributed by atoms with Crippen LogP contribution in [-0.4, -0.2) is 25.1 Å². The number of alkyl carbamates (subject to hydrolysis) is 1. The van der Waals surface area contributed by atoms with Gasteiger partial charge in [0.25, 0.3) is 0 Å². The number of benzene rings is 2. The average Bonchev–Trinajstić information content (AvgIpc) is 2.62. The zero-order valence-corrected chi connectivity index (χ0v) is 15.6. The van der Waals surface area contributed by atoms with E-state index in [0.717, 1.165) is 16.7 Å². The number of ether oxygens (including phenoxy) is 2. The Kier molecular flexibility index (Phi) is 6.55. The van der Waals surface area contributed by atoms with Crippen molar-refractivity contribution in [3.05, 3.63) is 60.7 Å². The van der Waals surface area contributed by atoms with E-state index in [1.807, 2.05) is 49.4 Å². The van der Waals surface area contributed by atoms with Crippen molar-refractivity contribution in [2.45, 2.75) is 26.9 Å². The predicted octanol–water partition coefficient (Wildman–Crippen LogP) is 5.02. The number of methoxy groups -OCH3 is 1. The van der Waals surface area contributed by atoms with Gasteiger partial charge in [-0.1, -0.05) is 43.0 Å². The normalized spacial score (nSPS) is 11.2. The highest BCUT2D eigenvalue weighted by molar-refractivity contribution is 6.03. The Morgan fingerprint density at radius 3 is 2.46 bits per heavy atom. The van der Waals surface area contributed by atoms with Crippen LogP contribution < -0.4 is 10.1 Å². The lowest BCUT2D eigenvalue weighted by molar-refractivity contribution is 0.120. The maximum Gasteiger partial charge on any atom is 0.413 e. The first kappa shape index (κ1) is 19.2. The number of carbonyl (C=O) groups is 1. The summed E-state index contributed by atoms with van der Waals surface area (Å²) in [6.45, 7) is 9.24. The summed E-state index contributed by atoms with van der Waals surface area (Å²) in [6.07, 6.45) is 0.670. The fourth-order valence-electron chi connectivity index (χ4n) is 2.50. The number of hydrogen-bond acceptors (Lipinski definition) is 4. The predicted molar refractivity (Wildman–Crippen MR) is 105 cm³/mol. The first-order valence-corrected chi connectivity index (χ1v) is 8.38. The standard InChI is InChI=1S/C21H24N2O3/c1-6-19(23-21(24)26-14(2)3)22-20-15(4)17(12-13-18(20)25-5)16-10-8-7-9-11-16/h6-14H,1H2,2-5H3,(H,22,23,24). The van der Waals surface area contributed by atoms with Gasteiger partial charge in [0, 0.05) is 0 Å². The monoisotopic (exact) mass is 352 g/mol. The van der Waals surface area contributed by atoms with E-state index in [9.17, 15) is 4.79 Å². The van der Waals surface area contributed by atoms with Crippen molar-refractivity contribution in [3.8, 4) is 16.9 Å². The van der Waals surface area contributed by atoms with Crippen LogP contribution in [0.15, 0.2) is 60.1 Å². The van der Waals surface area contributed by atoms with Gasteiger partial charge in [0.15, 0.2) is 0 Å². The number of aliphatic imine (C=N–C) groups is 1. The highest BCUT2D eigenvalue weighted by Gasteiger charge is 2.13. The largest absolute Gasteiger partial charge is 0.494 e. The Hall–Kier alpha value is -3.08. The van der Waals surface area contributed by atoms with Crippen LogP contribution >= 0.6 is 0 Å². The van der Waals surface area contributed by atoms with Crippen LogP contribution in [0.5, 0.6) is 5.75 Å². The van der Waals surface area contributed by atoms with Crippen molar-refractivity contribution in [3.63, 3.8) is 0 Å². The van der Waals surface area contributed by atoms with Crippen LogP contribution in [0.25, 0.3) is 11.1 Å². The number of rotatable bonds is 5. The van der Waals surface area contributed by atoms with E-state index in [4.69, 9.17) is 9.47 Å². The highest BCUT2D eigenvalue weighted by Crippen LogP contribution is 2.37. The Bertz CT molecular complexity index is 812. The Morgan fingerprint density at radius 2 is 1.88 bits per heavy atom. The summed E-state index contributed by atoms with van der Waals surface area (Å²) < 4.78 is 10.5. The fraction of sp³-hybridized carbons (Fsp3) is 0.238. The lowest BCUT2D eigenvalue weighted by atomic mass is 9.99. The second-order valence-electron chi connectivity index (χ2n) is 5.94. The maximum absolute atomic E-state index is 11.8. The number of carbonyl (C=O) groups excluding carboxylic acids is 1. The minimum absolute atomic E-state index is 0.223. The summed E-state index contributed by atoms with van der Waals surface area (Å²) in [4.78, 5) is 16.4. The minimum Gasteiger partial charge on any atom is -0.494 e. The van der Waals surface area contributed by atoms with Crippen LogP contribution in [0.4, 0.5) is 10.5 Å². The number of nitrogens with zero attached hydrogens (tertiary/aromatic N) is 1. The van der Waals surface area contributed by atoms with Crippen molar-refractivity contribution in [1.82, 2.24) is 5.32 Å². The summed E-state index contributed by atoms with van der Waals surface area (Å²) in [5.74, 6) is 0.905. The van der Waals surface area contributed by atoms with Gasteiger partial charge in [-0.05, 0) is 49.6 Å². The first-order valence-electron chi connectivity index (χ1n) is 8.38. The van der Waals surface area contributed by atoms with E-state index in [-0.39, 0.29) is 6.10 Å². The van der Waals surface area contributed by atoms with Crippen molar-refractivity contribution in [2.75, 3.05) is 7.11 Å². The van der Waals surface area contributed by atoms with E-state index >= 15 is 0 Å². The summed E-state index contributed by atoms with van der Waals surface area (Å²) in [5, 5.41) is 2.60. The highest BCUT2D eigenvalue weighted by atomic mass is 16.6. The van der Waals surface area contributed by atoms with Gasteiger partial charge in [-0.3, -0.25) is 5.32 Å². The molecule has 0 bridgehead atoms. The molecule has 1 N–H and O–H groups in total. The average molecular weight is 352 g/mol. The second kappa shape index (κ2) is 8.85. The van der Waals surface area contributed by atoms with Crippen LogP contribution in [0.1, 0.15) is 19.4 Å². The Balaban J connectivity index is 2.46. The summed E-state index contributed by atoms with van der Waals surface area (Å²) in [5.41, 5.74) is 3.69. The number of amides is 1. The summed E-state index contributed by atoms with van der Waals surface area (Å²) >= 11 is 0. The zero-order valence-electron chi connectivity index (χ0n) is 15.6. The van der Waals surface area contributed by atoms with E-state index in [1.54, 1.807) is 21.0 Å². The zero-order chi connectivity index (χ0) is 19.1. The van der Waals surface area contributed by atoms with Crippen molar-refractivity contribution >= 4 is 17.6 Å².